The average Bonchev–Trinajstić information content (AvgIpc) is 2.59. The lowest BCUT2D eigenvalue weighted by Gasteiger charge is -2.08. The van der Waals surface area contributed by atoms with Gasteiger partial charge in [0, 0.05) is 23.2 Å². The Hall–Kier alpha value is -1.03. The number of rotatable bonds is 3. The third kappa shape index (κ3) is 1.82. The molecule has 0 aliphatic carbocycles. The van der Waals surface area contributed by atoms with Crippen LogP contribution < -0.4 is 5.90 Å². The predicted molar refractivity (Wildman–Crippen MR) is 66.3 cm³/mol. The van der Waals surface area contributed by atoms with Crippen LogP contribution in [0.15, 0.2) is 24.4 Å². The Morgan fingerprint density at radius 3 is 2.81 bits per heavy atom. The molecule has 4 heteroatoms. The first-order chi connectivity index (χ1) is 7.65. The van der Waals surface area contributed by atoms with Gasteiger partial charge in [0.2, 0.25) is 0 Å². The molecular weight excluding hydrogens is 224 g/mol. The summed E-state index contributed by atoms with van der Waals surface area (Å²) in [7, 11) is 0. The van der Waals surface area contributed by atoms with Crippen LogP contribution in [-0.4, -0.2) is 4.57 Å². The van der Waals surface area contributed by atoms with E-state index >= 15 is 0 Å². The Balaban J connectivity index is 2.71. The van der Waals surface area contributed by atoms with Crippen LogP contribution in [0.5, 0.6) is 0 Å². The Bertz CT molecular complexity index is 505. The molecular formula is C12H15ClN2O. The molecule has 0 saturated carbocycles. The lowest BCUT2D eigenvalue weighted by molar-refractivity contribution is 0.125. The number of hydrogen-bond acceptors (Lipinski definition) is 2. The summed E-state index contributed by atoms with van der Waals surface area (Å²) in [6.45, 7) is 4.64. The zero-order chi connectivity index (χ0) is 11.7. The van der Waals surface area contributed by atoms with Gasteiger partial charge in [-0.1, -0.05) is 17.7 Å². The molecule has 86 valence electrons. The van der Waals surface area contributed by atoms with Crippen molar-refractivity contribution in [1.82, 2.24) is 4.57 Å². The summed E-state index contributed by atoms with van der Waals surface area (Å²) in [5, 5.41) is 1.77. The van der Waals surface area contributed by atoms with Crippen LogP contribution in [0.3, 0.4) is 0 Å². The quantitative estimate of drug-likeness (QED) is 0.834. The van der Waals surface area contributed by atoms with E-state index in [4.69, 9.17) is 22.3 Å². The van der Waals surface area contributed by atoms with E-state index in [1.54, 1.807) is 0 Å². The molecule has 16 heavy (non-hydrogen) atoms. The van der Waals surface area contributed by atoms with Crippen LogP contribution in [0.4, 0.5) is 0 Å². The predicted octanol–water partition coefficient (Wildman–Crippen LogP) is 3.27. The van der Waals surface area contributed by atoms with E-state index in [1.165, 1.54) is 0 Å². The summed E-state index contributed by atoms with van der Waals surface area (Å²) in [5.74, 6) is 5.13. The molecule has 0 radical (unpaired) electrons. The molecule has 0 spiro atoms. The van der Waals surface area contributed by atoms with Gasteiger partial charge in [-0.25, -0.2) is 5.90 Å². The van der Waals surface area contributed by atoms with Gasteiger partial charge in [-0.15, -0.1) is 0 Å². The fourth-order valence-corrected chi connectivity index (χ4v) is 2.27. The van der Waals surface area contributed by atoms with Crippen molar-refractivity contribution >= 4 is 22.5 Å². The van der Waals surface area contributed by atoms with Gasteiger partial charge in [-0.3, -0.25) is 4.84 Å². The van der Waals surface area contributed by atoms with E-state index in [-0.39, 0.29) is 0 Å². The van der Waals surface area contributed by atoms with Gasteiger partial charge >= 0.3 is 0 Å². The maximum Gasteiger partial charge on any atom is 0.0951 e. The second kappa shape index (κ2) is 4.45. The topological polar surface area (TPSA) is 40.2 Å². The first-order valence-electron chi connectivity index (χ1n) is 5.24. The normalized spacial score (nSPS) is 11.6. The summed E-state index contributed by atoms with van der Waals surface area (Å²) >= 11 is 6.21. The third-order valence-corrected chi connectivity index (χ3v) is 3.00. The molecule has 2 aromatic rings. The number of hydrogen-bond donors (Lipinski definition) is 1. The van der Waals surface area contributed by atoms with Gasteiger partial charge in [0.1, 0.15) is 0 Å². The molecule has 1 aromatic heterocycles. The number of aromatic nitrogens is 1. The molecule has 0 aliphatic rings. The monoisotopic (exact) mass is 238 g/mol. The van der Waals surface area contributed by atoms with E-state index in [1.807, 2.05) is 18.3 Å². The molecule has 1 heterocycles. The standard InChI is InChI=1S/C12H15ClN2O/c1-8(2)15-6-9(7-16-14)12-10(13)4-3-5-11(12)15/h3-6,8H,7,14H2,1-2H3. The second-order valence-corrected chi connectivity index (χ2v) is 4.51. The lowest BCUT2D eigenvalue weighted by atomic mass is 10.2. The molecule has 0 amide bonds. The summed E-state index contributed by atoms with van der Waals surface area (Å²) in [6.07, 6.45) is 2.05. The molecule has 2 N–H and O–H groups in total. The molecule has 0 fully saturated rings. The van der Waals surface area contributed by atoms with Crippen LogP contribution in [0.25, 0.3) is 10.9 Å². The number of benzene rings is 1. The molecule has 1 aromatic carbocycles. The minimum absolute atomic E-state index is 0.375. The van der Waals surface area contributed by atoms with Crippen molar-refractivity contribution in [2.45, 2.75) is 26.5 Å². The molecule has 0 bridgehead atoms. The first kappa shape index (κ1) is 11.5. The fraction of sp³-hybridized carbons (Fsp3) is 0.333. The molecule has 0 aliphatic heterocycles. The highest BCUT2D eigenvalue weighted by Gasteiger charge is 2.12. The third-order valence-electron chi connectivity index (χ3n) is 2.68. The smallest absolute Gasteiger partial charge is 0.0951 e. The van der Waals surface area contributed by atoms with Gasteiger partial charge in [0.05, 0.1) is 17.1 Å². The summed E-state index contributed by atoms with van der Waals surface area (Å²) in [5.41, 5.74) is 2.14. The van der Waals surface area contributed by atoms with Crippen molar-refractivity contribution in [3.63, 3.8) is 0 Å². The van der Waals surface area contributed by atoms with E-state index in [9.17, 15) is 0 Å². The Morgan fingerprint density at radius 2 is 2.19 bits per heavy atom. The van der Waals surface area contributed by atoms with E-state index in [2.05, 4.69) is 24.5 Å². The summed E-state index contributed by atoms with van der Waals surface area (Å²) < 4.78 is 2.18. The lowest BCUT2D eigenvalue weighted by Crippen LogP contribution is -1.99. The van der Waals surface area contributed by atoms with Crippen molar-refractivity contribution in [2.24, 2.45) is 5.90 Å². The van der Waals surface area contributed by atoms with E-state index in [0.717, 1.165) is 21.5 Å². The van der Waals surface area contributed by atoms with Crippen LogP contribution in [0, 0.1) is 0 Å². The van der Waals surface area contributed by atoms with Crippen molar-refractivity contribution in [3.8, 4) is 0 Å². The number of nitrogens with zero attached hydrogens (tertiary/aromatic N) is 1. The minimum atomic E-state index is 0.375. The zero-order valence-corrected chi connectivity index (χ0v) is 10.2. The molecule has 0 saturated heterocycles. The van der Waals surface area contributed by atoms with Crippen LogP contribution in [-0.2, 0) is 11.4 Å². The highest BCUT2D eigenvalue weighted by molar-refractivity contribution is 6.35. The number of nitrogens with two attached hydrogens (primary N) is 1. The Morgan fingerprint density at radius 1 is 1.44 bits per heavy atom. The van der Waals surface area contributed by atoms with Crippen LogP contribution in [0.1, 0.15) is 25.5 Å². The van der Waals surface area contributed by atoms with Gasteiger partial charge in [0.15, 0.2) is 0 Å². The maximum absolute atomic E-state index is 6.21. The molecule has 2 rings (SSSR count). The second-order valence-electron chi connectivity index (χ2n) is 4.10. The van der Waals surface area contributed by atoms with Crippen molar-refractivity contribution in [3.05, 3.63) is 35.0 Å². The SMILES string of the molecule is CC(C)n1cc(CON)c2c(Cl)cccc21. The molecule has 3 nitrogen and oxygen atoms in total. The highest BCUT2D eigenvalue weighted by Crippen LogP contribution is 2.30. The molecule has 0 unspecified atom stereocenters. The van der Waals surface area contributed by atoms with Crippen molar-refractivity contribution in [2.75, 3.05) is 0 Å². The Labute approximate surface area is 99.7 Å². The van der Waals surface area contributed by atoms with Crippen molar-refractivity contribution < 1.29 is 4.84 Å². The first-order valence-corrected chi connectivity index (χ1v) is 5.62. The van der Waals surface area contributed by atoms with Crippen molar-refractivity contribution in [1.29, 1.82) is 0 Å². The van der Waals surface area contributed by atoms with E-state index in [0.29, 0.717) is 12.6 Å². The van der Waals surface area contributed by atoms with Gasteiger partial charge < -0.3 is 4.57 Å². The fourth-order valence-electron chi connectivity index (χ4n) is 1.97. The highest BCUT2D eigenvalue weighted by atomic mass is 35.5. The number of fused-ring (bicyclic) bond motifs is 1. The summed E-state index contributed by atoms with van der Waals surface area (Å²) in [4.78, 5) is 4.71. The summed E-state index contributed by atoms with van der Waals surface area (Å²) in [6, 6.07) is 6.28. The maximum atomic E-state index is 6.21. The van der Waals surface area contributed by atoms with Gasteiger partial charge in [0.25, 0.3) is 0 Å². The van der Waals surface area contributed by atoms with Gasteiger partial charge in [-0.05, 0) is 26.0 Å². The van der Waals surface area contributed by atoms with Gasteiger partial charge in [-0.2, -0.15) is 0 Å². The largest absolute Gasteiger partial charge is 0.345 e. The molecule has 0 atom stereocenters. The van der Waals surface area contributed by atoms with Crippen LogP contribution >= 0.6 is 11.6 Å². The number of halogens is 1. The zero-order valence-electron chi connectivity index (χ0n) is 9.40. The van der Waals surface area contributed by atoms with Crippen LogP contribution in [0.2, 0.25) is 5.02 Å². The Kier molecular flexibility index (Phi) is 3.19. The average molecular weight is 239 g/mol. The van der Waals surface area contributed by atoms with E-state index < -0.39 is 0 Å². The minimum Gasteiger partial charge on any atom is -0.345 e.